The lowest BCUT2D eigenvalue weighted by Gasteiger charge is -2.12. The van der Waals surface area contributed by atoms with Crippen molar-refractivity contribution in [3.8, 4) is 0 Å². The number of nitrogens with zero attached hydrogens (tertiary/aromatic N) is 1. The molecule has 88 valence electrons. The number of hydrogen-bond acceptors (Lipinski definition) is 3. The molecule has 0 radical (unpaired) electrons. The van der Waals surface area contributed by atoms with Crippen molar-refractivity contribution in [2.75, 3.05) is 6.54 Å². The molecule has 0 atom stereocenters. The van der Waals surface area contributed by atoms with Crippen LogP contribution in [0.5, 0.6) is 0 Å². The van der Waals surface area contributed by atoms with Gasteiger partial charge in [-0.15, -0.1) is 11.3 Å². The van der Waals surface area contributed by atoms with Gasteiger partial charge in [0.15, 0.2) is 0 Å². The normalized spacial score (nSPS) is 16.2. The van der Waals surface area contributed by atoms with Crippen molar-refractivity contribution in [2.24, 2.45) is 0 Å². The number of hydrogen-bond donors (Lipinski definition) is 2. The number of thiazole rings is 1. The first-order valence-electron chi connectivity index (χ1n) is 5.76. The third-order valence-electron chi connectivity index (χ3n) is 2.84. The number of carbonyl (C=O) groups is 1. The van der Waals surface area contributed by atoms with E-state index in [0.717, 1.165) is 25.0 Å². The molecule has 2 amide bonds. The third-order valence-corrected chi connectivity index (χ3v) is 3.48. The standard InChI is InChI=1S/C11H17N3OS/c15-11(14-9-3-1-2-4-9)12-6-5-10-7-16-8-13-10/h7-9H,1-6H2,(H2,12,14,15). The predicted octanol–water partition coefficient (Wildman–Crippen LogP) is 1.93. The van der Waals surface area contributed by atoms with Gasteiger partial charge in [-0.1, -0.05) is 12.8 Å². The second-order valence-electron chi connectivity index (χ2n) is 4.11. The summed E-state index contributed by atoms with van der Waals surface area (Å²) in [7, 11) is 0. The minimum Gasteiger partial charge on any atom is -0.338 e. The number of carbonyl (C=O) groups excluding carboxylic acids is 1. The largest absolute Gasteiger partial charge is 0.338 e. The molecule has 0 aromatic carbocycles. The molecule has 2 rings (SSSR count). The van der Waals surface area contributed by atoms with Gasteiger partial charge < -0.3 is 10.6 Å². The Kier molecular flexibility index (Phi) is 4.16. The Morgan fingerprint density at radius 1 is 1.50 bits per heavy atom. The van der Waals surface area contributed by atoms with E-state index in [1.54, 1.807) is 11.3 Å². The maximum atomic E-state index is 11.5. The van der Waals surface area contributed by atoms with Crippen LogP contribution in [0.3, 0.4) is 0 Å². The Balaban J connectivity index is 1.60. The van der Waals surface area contributed by atoms with Crippen molar-refractivity contribution in [1.29, 1.82) is 0 Å². The highest BCUT2D eigenvalue weighted by Crippen LogP contribution is 2.17. The summed E-state index contributed by atoms with van der Waals surface area (Å²) in [5.41, 5.74) is 2.86. The van der Waals surface area contributed by atoms with Crippen LogP contribution in [0.15, 0.2) is 10.9 Å². The fraction of sp³-hybridized carbons (Fsp3) is 0.636. The van der Waals surface area contributed by atoms with Gasteiger partial charge in [-0.05, 0) is 12.8 Å². The third kappa shape index (κ3) is 3.48. The van der Waals surface area contributed by atoms with E-state index in [4.69, 9.17) is 0 Å². The van der Waals surface area contributed by atoms with E-state index >= 15 is 0 Å². The van der Waals surface area contributed by atoms with E-state index < -0.39 is 0 Å². The summed E-state index contributed by atoms with van der Waals surface area (Å²) in [5, 5.41) is 7.86. The Bertz CT molecular complexity index is 320. The molecule has 0 saturated heterocycles. The average Bonchev–Trinajstić information content (AvgIpc) is 2.90. The van der Waals surface area contributed by atoms with E-state index in [1.807, 2.05) is 10.9 Å². The molecule has 1 fully saturated rings. The highest BCUT2D eigenvalue weighted by molar-refractivity contribution is 7.07. The van der Waals surface area contributed by atoms with Crippen LogP contribution >= 0.6 is 11.3 Å². The molecule has 0 bridgehead atoms. The molecule has 1 aromatic rings. The summed E-state index contributed by atoms with van der Waals surface area (Å²) in [4.78, 5) is 15.7. The number of aromatic nitrogens is 1. The van der Waals surface area contributed by atoms with E-state index in [9.17, 15) is 4.79 Å². The SMILES string of the molecule is O=C(NCCc1cscn1)NC1CCCC1. The lowest BCUT2D eigenvalue weighted by Crippen LogP contribution is -2.41. The van der Waals surface area contributed by atoms with Gasteiger partial charge in [0.2, 0.25) is 0 Å². The molecule has 1 heterocycles. The van der Waals surface area contributed by atoms with Crippen LogP contribution in [-0.4, -0.2) is 23.6 Å². The second kappa shape index (κ2) is 5.84. The van der Waals surface area contributed by atoms with Crippen LogP contribution in [0.4, 0.5) is 4.79 Å². The lowest BCUT2D eigenvalue weighted by molar-refractivity contribution is 0.237. The number of amides is 2. The maximum Gasteiger partial charge on any atom is 0.315 e. The highest BCUT2D eigenvalue weighted by Gasteiger charge is 2.16. The fourth-order valence-corrected chi connectivity index (χ4v) is 2.56. The van der Waals surface area contributed by atoms with Crippen LogP contribution in [0, 0.1) is 0 Å². The number of rotatable bonds is 4. The summed E-state index contributed by atoms with van der Waals surface area (Å²) < 4.78 is 0. The van der Waals surface area contributed by atoms with Gasteiger partial charge in [-0.3, -0.25) is 0 Å². The lowest BCUT2D eigenvalue weighted by atomic mass is 10.2. The van der Waals surface area contributed by atoms with Gasteiger partial charge in [0, 0.05) is 24.4 Å². The van der Waals surface area contributed by atoms with Gasteiger partial charge >= 0.3 is 6.03 Å². The average molecular weight is 239 g/mol. The van der Waals surface area contributed by atoms with E-state index in [-0.39, 0.29) is 6.03 Å². The topological polar surface area (TPSA) is 54.0 Å². The van der Waals surface area contributed by atoms with Gasteiger partial charge in [-0.25, -0.2) is 9.78 Å². The summed E-state index contributed by atoms with van der Waals surface area (Å²) in [5.74, 6) is 0. The zero-order valence-corrected chi connectivity index (χ0v) is 10.1. The highest BCUT2D eigenvalue weighted by atomic mass is 32.1. The Morgan fingerprint density at radius 2 is 2.31 bits per heavy atom. The molecule has 0 aliphatic heterocycles. The first-order valence-corrected chi connectivity index (χ1v) is 6.70. The summed E-state index contributed by atoms with van der Waals surface area (Å²) in [6.45, 7) is 0.655. The van der Waals surface area contributed by atoms with Crippen LogP contribution in [0.25, 0.3) is 0 Å². The molecule has 4 nitrogen and oxygen atoms in total. The molecule has 0 unspecified atom stereocenters. The Morgan fingerprint density at radius 3 is 3.00 bits per heavy atom. The molecule has 5 heteroatoms. The Labute approximate surface area is 99.5 Å². The van der Waals surface area contributed by atoms with Gasteiger partial charge in [-0.2, -0.15) is 0 Å². The number of nitrogens with one attached hydrogen (secondary N) is 2. The van der Waals surface area contributed by atoms with E-state index in [1.165, 1.54) is 12.8 Å². The van der Waals surface area contributed by atoms with Crippen LogP contribution < -0.4 is 10.6 Å². The van der Waals surface area contributed by atoms with Gasteiger partial charge in [0.05, 0.1) is 11.2 Å². The Hall–Kier alpha value is -1.10. The maximum absolute atomic E-state index is 11.5. The van der Waals surface area contributed by atoms with Crippen molar-refractivity contribution in [2.45, 2.75) is 38.1 Å². The van der Waals surface area contributed by atoms with Gasteiger partial charge in [0.25, 0.3) is 0 Å². The van der Waals surface area contributed by atoms with Crippen LogP contribution in [0.2, 0.25) is 0 Å². The quantitative estimate of drug-likeness (QED) is 0.843. The van der Waals surface area contributed by atoms with Crippen molar-refractivity contribution in [3.63, 3.8) is 0 Å². The molecule has 2 N–H and O–H groups in total. The zero-order chi connectivity index (χ0) is 11.2. The van der Waals surface area contributed by atoms with Crippen molar-refractivity contribution in [3.05, 3.63) is 16.6 Å². The minimum absolute atomic E-state index is 0.0397. The first kappa shape index (κ1) is 11.4. The van der Waals surface area contributed by atoms with Crippen LogP contribution in [0.1, 0.15) is 31.4 Å². The molecule has 1 saturated carbocycles. The predicted molar refractivity (Wildman–Crippen MR) is 64.6 cm³/mol. The van der Waals surface area contributed by atoms with E-state index in [0.29, 0.717) is 12.6 Å². The van der Waals surface area contributed by atoms with E-state index in [2.05, 4.69) is 15.6 Å². The molecule has 1 aliphatic carbocycles. The fourth-order valence-electron chi connectivity index (χ4n) is 1.97. The zero-order valence-electron chi connectivity index (χ0n) is 9.24. The molecule has 16 heavy (non-hydrogen) atoms. The molecule has 1 aromatic heterocycles. The molecule has 1 aliphatic rings. The van der Waals surface area contributed by atoms with Crippen molar-refractivity contribution < 1.29 is 4.79 Å². The smallest absolute Gasteiger partial charge is 0.315 e. The van der Waals surface area contributed by atoms with Crippen molar-refractivity contribution in [1.82, 2.24) is 15.6 Å². The monoisotopic (exact) mass is 239 g/mol. The van der Waals surface area contributed by atoms with Gasteiger partial charge in [0.1, 0.15) is 0 Å². The summed E-state index contributed by atoms with van der Waals surface area (Å²) in [6.07, 6.45) is 5.54. The minimum atomic E-state index is -0.0397. The van der Waals surface area contributed by atoms with Crippen LogP contribution in [-0.2, 0) is 6.42 Å². The molecular weight excluding hydrogens is 222 g/mol. The molecular formula is C11H17N3OS. The second-order valence-corrected chi connectivity index (χ2v) is 4.83. The first-order chi connectivity index (χ1) is 7.84. The summed E-state index contributed by atoms with van der Waals surface area (Å²) in [6, 6.07) is 0.349. The van der Waals surface area contributed by atoms with Crippen molar-refractivity contribution >= 4 is 17.4 Å². The molecule has 0 spiro atoms. The number of urea groups is 1. The summed E-state index contributed by atoms with van der Waals surface area (Å²) >= 11 is 1.59.